The van der Waals surface area contributed by atoms with Gasteiger partial charge in [0.1, 0.15) is 5.82 Å². The third kappa shape index (κ3) is 3.23. The van der Waals surface area contributed by atoms with E-state index < -0.39 is 4.92 Å². The third-order valence-electron chi connectivity index (χ3n) is 3.05. The molecule has 2 N–H and O–H groups in total. The Kier molecular flexibility index (Phi) is 4.14. The summed E-state index contributed by atoms with van der Waals surface area (Å²) in [4.78, 5) is 16.1. The number of hydrogen-bond acceptors (Lipinski definition) is 5. The maximum absolute atomic E-state index is 10.7. The number of likely N-dealkylation sites (N-methyl/N-ethyl adjacent to an activating group) is 1. The molecule has 6 heteroatoms. The number of rotatable bonds is 5. The van der Waals surface area contributed by atoms with Crippen molar-refractivity contribution in [1.82, 2.24) is 4.98 Å². The summed E-state index contributed by atoms with van der Waals surface area (Å²) in [5.41, 5.74) is 6.66. The highest BCUT2D eigenvalue weighted by molar-refractivity contribution is 5.57. The molecule has 0 fully saturated rings. The van der Waals surface area contributed by atoms with Crippen molar-refractivity contribution in [3.63, 3.8) is 0 Å². The topological polar surface area (TPSA) is 85.3 Å². The highest BCUT2D eigenvalue weighted by Crippen LogP contribution is 2.22. The van der Waals surface area contributed by atoms with Crippen molar-refractivity contribution in [2.45, 2.75) is 6.42 Å². The van der Waals surface area contributed by atoms with Crippen LogP contribution in [0.25, 0.3) is 0 Å². The van der Waals surface area contributed by atoms with Gasteiger partial charge in [-0.05, 0) is 18.1 Å². The number of nitrogens with zero attached hydrogens (tertiary/aromatic N) is 3. The normalized spacial score (nSPS) is 10.2. The Bertz CT molecular complexity index is 601. The van der Waals surface area contributed by atoms with Crippen LogP contribution in [0.5, 0.6) is 0 Å². The molecule has 0 atom stereocenters. The molecule has 1 aromatic carbocycles. The summed E-state index contributed by atoms with van der Waals surface area (Å²) in [6.45, 7) is 0.758. The number of pyridine rings is 1. The van der Waals surface area contributed by atoms with Gasteiger partial charge in [0.2, 0.25) is 5.82 Å². The molecule has 0 aliphatic carbocycles. The van der Waals surface area contributed by atoms with Gasteiger partial charge in [-0.2, -0.15) is 0 Å². The molecule has 2 aromatic rings. The van der Waals surface area contributed by atoms with Crippen LogP contribution in [0.2, 0.25) is 0 Å². The van der Waals surface area contributed by atoms with Crippen LogP contribution in [0, 0.1) is 10.1 Å². The maximum atomic E-state index is 10.7. The predicted octanol–water partition coefficient (Wildman–Crippen LogP) is 2.25. The number of nitro groups is 1. The van der Waals surface area contributed by atoms with Gasteiger partial charge in [0, 0.05) is 19.7 Å². The minimum atomic E-state index is -0.532. The Balaban J connectivity index is 2.04. The standard InChI is InChI=1S/C14H16N4O2/c1-17(10-9-11-5-3-2-4-6-11)13-8-7-12(18(19)20)14(15)16-13/h2-8H,9-10H2,1H3,(H2,15,16). The molecule has 104 valence electrons. The fourth-order valence-corrected chi connectivity index (χ4v) is 1.88. The van der Waals surface area contributed by atoms with E-state index in [0.29, 0.717) is 5.82 Å². The Labute approximate surface area is 117 Å². The van der Waals surface area contributed by atoms with Crippen molar-refractivity contribution in [3.8, 4) is 0 Å². The van der Waals surface area contributed by atoms with E-state index >= 15 is 0 Å². The second-order valence-electron chi connectivity index (χ2n) is 4.49. The van der Waals surface area contributed by atoms with E-state index in [-0.39, 0.29) is 11.5 Å². The van der Waals surface area contributed by atoms with E-state index in [1.54, 1.807) is 6.07 Å². The predicted molar refractivity (Wildman–Crippen MR) is 78.7 cm³/mol. The fraction of sp³-hybridized carbons (Fsp3) is 0.214. The monoisotopic (exact) mass is 272 g/mol. The van der Waals surface area contributed by atoms with Crippen molar-refractivity contribution >= 4 is 17.3 Å². The van der Waals surface area contributed by atoms with Crippen molar-refractivity contribution < 1.29 is 4.92 Å². The second-order valence-corrected chi connectivity index (χ2v) is 4.49. The third-order valence-corrected chi connectivity index (χ3v) is 3.05. The number of benzene rings is 1. The number of hydrogen-bond donors (Lipinski definition) is 1. The van der Waals surface area contributed by atoms with Gasteiger partial charge in [-0.25, -0.2) is 4.98 Å². The van der Waals surface area contributed by atoms with Crippen LogP contribution in [-0.2, 0) is 6.42 Å². The average Bonchev–Trinajstić information content (AvgIpc) is 2.45. The van der Waals surface area contributed by atoms with Gasteiger partial charge in [0.15, 0.2) is 0 Å². The molecule has 0 unspecified atom stereocenters. The summed E-state index contributed by atoms with van der Waals surface area (Å²) in [6, 6.07) is 13.1. The van der Waals surface area contributed by atoms with Crippen molar-refractivity contribution in [2.24, 2.45) is 0 Å². The van der Waals surface area contributed by atoms with Gasteiger partial charge < -0.3 is 10.6 Å². The number of aromatic nitrogens is 1. The summed E-state index contributed by atoms with van der Waals surface area (Å²) >= 11 is 0. The Morgan fingerprint density at radius 1 is 1.25 bits per heavy atom. The first-order valence-corrected chi connectivity index (χ1v) is 6.24. The molecule has 1 aromatic heterocycles. The van der Waals surface area contributed by atoms with Crippen LogP contribution in [0.1, 0.15) is 5.56 Å². The highest BCUT2D eigenvalue weighted by Gasteiger charge is 2.14. The summed E-state index contributed by atoms with van der Waals surface area (Å²) < 4.78 is 0. The Morgan fingerprint density at radius 3 is 2.55 bits per heavy atom. The lowest BCUT2D eigenvalue weighted by atomic mass is 10.1. The zero-order chi connectivity index (χ0) is 14.5. The van der Waals surface area contributed by atoms with Gasteiger partial charge >= 0.3 is 5.69 Å². The SMILES string of the molecule is CN(CCc1ccccc1)c1ccc([N+](=O)[O-])c(N)n1. The van der Waals surface area contributed by atoms with Crippen molar-refractivity contribution in [2.75, 3.05) is 24.2 Å². The van der Waals surface area contributed by atoms with Crippen LogP contribution < -0.4 is 10.6 Å². The fourth-order valence-electron chi connectivity index (χ4n) is 1.88. The first kappa shape index (κ1) is 13.8. The zero-order valence-corrected chi connectivity index (χ0v) is 11.2. The highest BCUT2D eigenvalue weighted by atomic mass is 16.6. The molecule has 20 heavy (non-hydrogen) atoms. The van der Waals surface area contributed by atoms with E-state index in [1.807, 2.05) is 30.1 Å². The molecule has 0 radical (unpaired) electrons. The molecule has 0 saturated carbocycles. The largest absolute Gasteiger partial charge is 0.378 e. The van der Waals surface area contributed by atoms with Crippen molar-refractivity contribution in [3.05, 3.63) is 58.1 Å². The minimum Gasteiger partial charge on any atom is -0.378 e. The van der Waals surface area contributed by atoms with E-state index in [4.69, 9.17) is 5.73 Å². The van der Waals surface area contributed by atoms with E-state index in [2.05, 4.69) is 17.1 Å². The second kappa shape index (κ2) is 6.01. The van der Waals surface area contributed by atoms with E-state index in [0.717, 1.165) is 13.0 Å². The molecule has 0 saturated heterocycles. The molecule has 0 aliphatic heterocycles. The van der Waals surface area contributed by atoms with Gasteiger partial charge in [-0.3, -0.25) is 10.1 Å². The number of nitrogen functional groups attached to an aromatic ring is 1. The van der Waals surface area contributed by atoms with Crippen LogP contribution in [0.15, 0.2) is 42.5 Å². The molecule has 6 nitrogen and oxygen atoms in total. The van der Waals surface area contributed by atoms with Crippen LogP contribution in [0.4, 0.5) is 17.3 Å². The molecule has 2 rings (SSSR count). The summed E-state index contributed by atoms with van der Waals surface area (Å²) in [5, 5.41) is 10.7. The average molecular weight is 272 g/mol. The van der Waals surface area contributed by atoms with Crippen LogP contribution in [0.3, 0.4) is 0 Å². The molecular weight excluding hydrogens is 256 g/mol. The number of anilines is 2. The van der Waals surface area contributed by atoms with Crippen LogP contribution in [-0.4, -0.2) is 23.5 Å². The summed E-state index contributed by atoms with van der Waals surface area (Å²) in [5.74, 6) is 0.572. The summed E-state index contributed by atoms with van der Waals surface area (Å²) in [7, 11) is 1.89. The lowest BCUT2D eigenvalue weighted by Crippen LogP contribution is -2.21. The first-order valence-electron chi connectivity index (χ1n) is 6.24. The molecule has 0 bridgehead atoms. The quantitative estimate of drug-likeness (QED) is 0.666. The lowest BCUT2D eigenvalue weighted by Gasteiger charge is -2.18. The maximum Gasteiger partial charge on any atom is 0.311 e. The molecule has 1 heterocycles. The van der Waals surface area contributed by atoms with Crippen LogP contribution >= 0.6 is 0 Å². The molecule has 0 aliphatic rings. The van der Waals surface area contributed by atoms with Crippen molar-refractivity contribution in [1.29, 1.82) is 0 Å². The van der Waals surface area contributed by atoms with Gasteiger partial charge in [0.05, 0.1) is 4.92 Å². The smallest absolute Gasteiger partial charge is 0.311 e. The van der Waals surface area contributed by atoms with Gasteiger partial charge in [-0.1, -0.05) is 30.3 Å². The number of nitrogens with two attached hydrogens (primary N) is 1. The van der Waals surface area contributed by atoms with E-state index in [9.17, 15) is 10.1 Å². The van der Waals surface area contributed by atoms with E-state index in [1.165, 1.54) is 11.6 Å². The lowest BCUT2D eigenvalue weighted by molar-refractivity contribution is -0.384. The van der Waals surface area contributed by atoms with Gasteiger partial charge in [0.25, 0.3) is 0 Å². The van der Waals surface area contributed by atoms with Gasteiger partial charge in [-0.15, -0.1) is 0 Å². The summed E-state index contributed by atoms with van der Waals surface area (Å²) in [6.07, 6.45) is 0.871. The molecule has 0 spiro atoms. The minimum absolute atomic E-state index is 0.0564. The first-order chi connectivity index (χ1) is 9.58. The molecule has 0 amide bonds. The molecular formula is C14H16N4O2. The Morgan fingerprint density at radius 2 is 1.95 bits per heavy atom. The zero-order valence-electron chi connectivity index (χ0n) is 11.2. The Hall–Kier alpha value is -2.63.